The van der Waals surface area contributed by atoms with E-state index < -0.39 is 0 Å². The van der Waals surface area contributed by atoms with Crippen LogP contribution in [0, 0.1) is 13.8 Å². The number of nitrogens with one attached hydrogen (secondary N) is 1. The molecule has 0 radical (unpaired) electrons. The van der Waals surface area contributed by atoms with E-state index in [0.29, 0.717) is 5.92 Å². The number of aryl methyl sites for hydroxylation is 4. The van der Waals surface area contributed by atoms with Crippen LogP contribution < -0.4 is 5.32 Å². The highest BCUT2D eigenvalue weighted by Gasteiger charge is 2.29. The molecule has 0 bridgehead atoms. The van der Waals surface area contributed by atoms with Crippen LogP contribution in [-0.4, -0.2) is 9.97 Å². The van der Waals surface area contributed by atoms with Crippen LogP contribution in [0.4, 0.5) is 11.5 Å². The Morgan fingerprint density at radius 2 is 1.80 bits per heavy atom. The van der Waals surface area contributed by atoms with Crippen molar-refractivity contribution in [2.75, 3.05) is 5.32 Å². The first kappa shape index (κ1) is 15.3. The molecule has 4 heteroatoms. The third-order valence-corrected chi connectivity index (χ3v) is 6.68. The standard InChI is InChI=1S/C21H23N3S/c1-12-6-5-7-13(2)18(12)22-20-17-15-8-3-4-9-16(15)25-21(17)24-19(23-20)14-10-11-14/h5-7,14H,3-4,8-11H2,1-2H3,(H,22,23,24). The van der Waals surface area contributed by atoms with Crippen molar-refractivity contribution in [1.29, 1.82) is 0 Å². The number of hydrogen-bond donors (Lipinski definition) is 1. The van der Waals surface area contributed by atoms with Crippen molar-refractivity contribution < 1.29 is 0 Å². The lowest BCUT2D eigenvalue weighted by atomic mass is 9.97. The lowest BCUT2D eigenvalue weighted by molar-refractivity contribution is 0.700. The number of thiophene rings is 1. The maximum absolute atomic E-state index is 5.01. The van der Waals surface area contributed by atoms with Crippen LogP contribution in [0.5, 0.6) is 0 Å². The van der Waals surface area contributed by atoms with Gasteiger partial charge in [-0.15, -0.1) is 11.3 Å². The van der Waals surface area contributed by atoms with E-state index >= 15 is 0 Å². The first-order valence-corrected chi connectivity index (χ1v) is 10.2. The zero-order chi connectivity index (χ0) is 17.0. The van der Waals surface area contributed by atoms with E-state index in [2.05, 4.69) is 37.4 Å². The highest BCUT2D eigenvalue weighted by molar-refractivity contribution is 7.19. The van der Waals surface area contributed by atoms with Crippen LogP contribution in [0.2, 0.25) is 0 Å². The number of para-hydroxylation sites is 1. The van der Waals surface area contributed by atoms with E-state index in [1.54, 1.807) is 0 Å². The van der Waals surface area contributed by atoms with Gasteiger partial charge in [0.2, 0.25) is 0 Å². The molecule has 0 saturated heterocycles. The highest BCUT2D eigenvalue weighted by atomic mass is 32.1. The summed E-state index contributed by atoms with van der Waals surface area (Å²) in [5, 5.41) is 4.98. The Labute approximate surface area is 152 Å². The van der Waals surface area contributed by atoms with Crippen LogP contribution in [0.1, 0.15) is 59.0 Å². The second-order valence-electron chi connectivity index (χ2n) is 7.49. The first-order chi connectivity index (χ1) is 12.2. The fourth-order valence-corrected chi connectivity index (χ4v) is 5.19. The number of aromatic nitrogens is 2. The van der Waals surface area contributed by atoms with Gasteiger partial charge < -0.3 is 5.32 Å². The van der Waals surface area contributed by atoms with Crippen LogP contribution >= 0.6 is 11.3 Å². The summed E-state index contributed by atoms with van der Waals surface area (Å²) in [6, 6.07) is 6.45. The van der Waals surface area contributed by atoms with Gasteiger partial charge in [0.15, 0.2) is 0 Å². The molecule has 1 aromatic carbocycles. The number of hydrogen-bond acceptors (Lipinski definition) is 4. The Kier molecular flexibility index (Phi) is 3.56. The van der Waals surface area contributed by atoms with E-state index in [1.807, 2.05) is 11.3 Å². The Bertz CT molecular complexity index is 949. The summed E-state index contributed by atoms with van der Waals surface area (Å²) in [7, 11) is 0. The van der Waals surface area contributed by atoms with Crippen LogP contribution in [-0.2, 0) is 12.8 Å². The average Bonchev–Trinajstić information content (AvgIpc) is 3.38. The Morgan fingerprint density at radius 1 is 1.04 bits per heavy atom. The van der Waals surface area contributed by atoms with Crippen molar-refractivity contribution in [2.24, 2.45) is 0 Å². The fraction of sp³-hybridized carbons (Fsp3) is 0.429. The smallest absolute Gasteiger partial charge is 0.143 e. The fourth-order valence-electron chi connectivity index (χ4n) is 3.92. The Balaban J connectivity index is 1.70. The van der Waals surface area contributed by atoms with Crippen molar-refractivity contribution in [3.63, 3.8) is 0 Å². The minimum atomic E-state index is 0.571. The molecule has 128 valence electrons. The normalized spacial score (nSPS) is 16.9. The van der Waals surface area contributed by atoms with Crippen molar-refractivity contribution >= 4 is 33.1 Å². The van der Waals surface area contributed by atoms with Gasteiger partial charge >= 0.3 is 0 Å². The molecule has 1 saturated carbocycles. The third kappa shape index (κ3) is 2.63. The van der Waals surface area contributed by atoms with E-state index in [0.717, 1.165) is 11.6 Å². The summed E-state index contributed by atoms with van der Waals surface area (Å²) < 4.78 is 0. The van der Waals surface area contributed by atoms with Gasteiger partial charge in [0.25, 0.3) is 0 Å². The largest absolute Gasteiger partial charge is 0.339 e. The van der Waals surface area contributed by atoms with Gasteiger partial charge in [-0.25, -0.2) is 9.97 Å². The van der Waals surface area contributed by atoms with Crippen LogP contribution in [0.15, 0.2) is 18.2 Å². The van der Waals surface area contributed by atoms with Gasteiger partial charge in [-0.3, -0.25) is 0 Å². The number of benzene rings is 1. The summed E-state index contributed by atoms with van der Waals surface area (Å²) in [5.74, 6) is 2.64. The van der Waals surface area contributed by atoms with Crippen LogP contribution in [0.25, 0.3) is 10.2 Å². The molecule has 0 amide bonds. The molecule has 0 atom stereocenters. The van der Waals surface area contributed by atoms with Gasteiger partial charge in [0, 0.05) is 16.5 Å². The molecule has 1 fully saturated rings. The van der Waals surface area contributed by atoms with E-state index in [-0.39, 0.29) is 0 Å². The molecule has 2 heterocycles. The second kappa shape index (κ2) is 5.80. The monoisotopic (exact) mass is 349 g/mol. The molecule has 5 rings (SSSR count). The zero-order valence-corrected chi connectivity index (χ0v) is 15.7. The summed E-state index contributed by atoms with van der Waals surface area (Å²) in [6.07, 6.45) is 7.44. The Morgan fingerprint density at radius 3 is 2.56 bits per heavy atom. The van der Waals surface area contributed by atoms with Crippen molar-refractivity contribution in [3.05, 3.63) is 45.6 Å². The molecule has 1 N–H and O–H groups in total. The SMILES string of the molecule is Cc1cccc(C)c1Nc1nc(C2CC2)nc2sc3c(c12)CCCC3. The second-order valence-corrected chi connectivity index (χ2v) is 8.57. The molecule has 0 unspecified atom stereocenters. The number of fused-ring (bicyclic) bond motifs is 3. The summed E-state index contributed by atoms with van der Waals surface area (Å²) in [5.41, 5.74) is 5.23. The molecule has 2 aliphatic carbocycles. The third-order valence-electron chi connectivity index (χ3n) is 5.50. The molecule has 0 aliphatic heterocycles. The molecule has 0 spiro atoms. The van der Waals surface area contributed by atoms with E-state index in [9.17, 15) is 0 Å². The van der Waals surface area contributed by atoms with Gasteiger partial charge in [-0.2, -0.15) is 0 Å². The summed E-state index contributed by atoms with van der Waals surface area (Å²) in [6.45, 7) is 4.33. The van der Waals surface area contributed by atoms with Gasteiger partial charge in [0.1, 0.15) is 16.5 Å². The maximum atomic E-state index is 5.01. The van der Waals surface area contributed by atoms with Gasteiger partial charge in [-0.05, 0) is 69.1 Å². The lowest BCUT2D eigenvalue weighted by Gasteiger charge is -2.16. The average molecular weight is 350 g/mol. The summed E-state index contributed by atoms with van der Waals surface area (Å²) in [4.78, 5) is 12.7. The van der Waals surface area contributed by atoms with E-state index in [4.69, 9.17) is 9.97 Å². The predicted octanol–water partition coefficient (Wildman–Crippen LogP) is 5.81. The molecule has 3 nitrogen and oxygen atoms in total. The van der Waals surface area contributed by atoms with E-state index in [1.165, 1.54) is 76.0 Å². The minimum absolute atomic E-state index is 0.571. The maximum Gasteiger partial charge on any atom is 0.143 e. The predicted molar refractivity (Wildman–Crippen MR) is 105 cm³/mol. The van der Waals surface area contributed by atoms with Crippen molar-refractivity contribution in [2.45, 2.75) is 58.3 Å². The zero-order valence-electron chi connectivity index (χ0n) is 14.9. The van der Waals surface area contributed by atoms with Gasteiger partial charge in [-0.1, -0.05) is 18.2 Å². The molecule has 2 aromatic heterocycles. The quantitative estimate of drug-likeness (QED) is 0.648. The van der Waals surface area contributed by atoms with Crippen molar-refractivity contribution in [1.82, 2.24) is 9.97 Å². The molecule has 25 heavy (non-hydrogen) atoms. The summed E-state index contributed by atoms with van der Waals surface area (Å²) >= 11 is 1.90. The Hall–Kier alpha value is -1.94. The topological polar surface area (TPSA) is 37.8 Å². The molecular weight excluding hydrogens is 326 g/mol. The number of rotatable bonds is 3. The highest BCUT2D eigenvalue weighted by Crippen LogP contribution is 2.44. The molecule has 3 aromatic rings. The molecular formula is C21H23N3S. The minimum Gasteiger partial charge on any atom is -0.339 e. The number of nitrogens with zero attached hydrogens (tertiary/aromatic N) is 2. The first-order valence-electron chi connectivity index (χ1n) is 9.36. The van der Waals surface area contributed by atoms with Gasteiger partial charge in [0.05, 0.1) is 5.39 Å². The van der Waals surface area contributed by atoms with Crippen LogP contribution in [0.3, 0.4) is 0 Å². The lowest BCUT2D eigenvalue weighted by Crippen LogP contribution is -2.04. The molecule has 2 aliphatic rings. The van der Waals surface area contributed by atoms with Crippen molar-refractivity contribution in [3.8, 4) is 0 Å². The number of anilines is 2.